The Morgan fingerprint density at radius 3 is 2.39 bits per heavy atom. The first-order chi connectivity index (χ1) is 11.2. The van der Waals surface area contributed by atoms with Crippen molar-refractivity contribution >= 4 is 16.7 Å². The molecule has 1 aliphatic carbocycles. The van der Waals surface area contributed by atoms with Crippen LogP contribution in [-0.4, -0.2) is 35.1 Å². The minimum atomic E-state index is -2.65. The molecule has 0 spiro atoms. The molecule has 4 nitrogen and oxygen atoms in total. The van der Waals surface area contributed by atoms with Crippen molar-refractivity contribution in [3.8, 4) is 0 Å². The summed E-state index contributed by atoms with van der Waals surface area (Å²) in [7, 11) is 0. The van der Waals surface area contributed by atoms with Crippen LogP contribution in [0.15, 0.2) is 24.3 Å². The van der Waals surface area contributed by atoms with Crippen molar-refractivity contribution in [1.29, 1.82) is 0 Å². The molecule has 4 rings (SSSR count). The number of anilines is 1. The number of fused-ring (bicyclic) bond motifs is 1. The molecule has 23 heavy (non-hydrogen) atoms. The summed E-state index contributed by atoms with van der Waals surface area (Å²) in [6.07, 6.45) is 1.98. The molecule has 0 radical (unpaired) electrons. The smallest absolute Gasteiger partial charge is 0.297 e. The predicted molar refractivity (Wildman–Crippen MR) is 85.9 cm³/mol. The summed E-state index contributed by atoms with van der Waals surface area (Å²) in [5, 5.41) is 4.50. The van der Waals surface area contributed by atoms with Crippen molar-refractivity contribution in [3.05, 3.63) is 30.1 Å². The van der Waals surface area contributed by atoms with Gasteiger partial charge in [0.1, 0.15) is 5.82 Å². The Balaban J connectivity index is 1.60. The second-order valence-corrected chi connectivity index (χ2v) is 6.43. The molecule has 1 N–H and O–H groups in total. The van der Waals surface area contributed by atoms with Crippen molar-refractivity contribution in [3.63, 3.8) is 0 Å². The molecular weight excluding hydrogens is 298 g/mol. The topological polar surface area (TPSA) is 41.1 Å². The van der Waals surface area contributed by atoms with Gasteiger partial charge in [0.2, 0.25) is 0 Å². The number of hydrogen-bond acceptors (Lipinski definition) is 4. The molecule has 2 fully saturated rings. The van der Waals surface area contributed by atoms with E-state index >= 15 is 0 Å². The van der Waals surface area contributed by atoms with E-state index in [2.05, 4.69) is 20.2 Å². The molecule has 0 bridgehead atoms. The van der Waals surface area contributed by atoms with Gasteiger partial charge in [-0.2, -0.15) is 0 Å². The van der Waals surface area contributed by atoms with Crippen LogP contribution in [0.25, 0.3) is 10.9 Å². The number of para-hydroxylation sites is 1. The van der Waals surface area contributed by atoms with Crippen LogP contribution in [0.5, 0.6) is 0 Å². The van der Waals surface area contributed by atoms with Crippen LogP contribution in [0.3, 0.4) is 0 Å². The zero-order valence-electron chi connectivity index (χ0n) is 12.9. The van der Waals surface area contributed by atoms with Crippen molar-refractivity contribution in [1.82, 2.24) is 15.3 Å². The highest BCUT2D eigenvalue weighted by atomic mass is 19.3. The predicted octanol–water partition coefficient (Wildman–Crippen LogP) is 3.29. The number of hydrogen-bond donors (Lipinski definition) is 1. The van der Waals surface area contributed by atoms with E-state index in [1.165, 1.54) is 12.8 Å². The van der Waals surface area contributed by atoms with Gasteiger partial charge < -0.3 is 10.2 Å². The van der Waals surface area contributed by atoms with Crippen LogP contribution in [-0.2, 0) is 0 Å². The molecule has 2 aliphatic rings. The number of alkyl halides is 2. The van der Waals surface area contributed by atoms with Gasteiger partial charge in [-0.05, 0) is 37.8 Å². The molecule has 1 aromatic heterocycles. The Hall–Kier alpha value is -1.82. The van der Waals surface area contributed by atoms with Crippen LogP contribution in [0.4, 0.5) is 14.6 Å². The number of aromatic nitrogens is 2. The Morgan fingerprint density at radius 1 is 1.00 bits per heavy atom. The lowest BCUT2D eigenvalue weighted by Gasteiger charge is -2.34. The maximum atomic E-state index is 13.1. The fraction of sp³-hybridized carbons (Fsp3) is 0.529. The summed E-state index contributed by atoms with van der Waals surface area (Å²) in [5.41, 5.74) is 0.589. The molecule has 1 saturated carbocycles. The zero-order valence-corrected chi connectivity index (χ0v) is 12.9. The van der Waals surface area contributed by atoms with E-state index in [-0.39, 0.29) is 5.82 Å². The third-order valence-electron chi connectivity index (χ3n) is 4.64. The highest BCUT2D eigenvalue weighted by Crippen LogP contribution is 2.29. The summed E-state index contributed by atoms with van der Waals surface area (Å²) in [6.45, 7) is 1.68. The van der Waals surface area contributed by atoms with E-state index in [0.717, 1.165) is 31.3 Å². The zero-order chi connectivity index (χ0) is 15.8. The second-order valence-electron chi connectivity index (χ2n) is 6.43. The van der Waals surface area contributed by atoms with E-state index in [9.17, 15) is 8.78 Å². The number of nitrogens with zero attached hydrogens (tertiary/aromatic N) is 3. The summed E-state index contributed by atoms with van der Waals surface area (Å²) in [6, 6.07) is 8.65. The van der Waals surface area contributed by atoms with Gasteiger partial charge in [-0.15, -0.1) is 0 Å². The minimum Gasteiger partial charge on any atom is -0.356 e. The van der Waals surface area contributed by atoms with E-state index < -0.39 is 6.43 Å². The third kappa shape index (κ3) is 3.13. The SMILES string of the molecule is FC(F)c1nc(N2CCC(NC3CC3)CC2)c2ccccc2n1. The summed E-state index contributed by atoms with van der Waals surface area (Å²) in [4.78, 5) is 10.3. The molecule has 0 unspecified atom stereocenters. The van der Waals surface area contributed by atoms with Crippen LogP contribution in [0.1, 0.15) is 37.9 Å². The van der Waals surface area contributed by atoms with Crippen molar-refractivity contribution in [2.45, 2.75) is 44.2 Å². The van der Waals surface area contributed by atoms with Gasteiger partial charge in [0.05, 0.1) is 5.52 Å². The fourth-order valence-corrected chi connectivity index (χ4v) is 3.26. The molecule has 2 aromatic rings. The van der Waals surface area contributed by atoms with E-state index in [1.807, 2.05) is 18.2 Å². The van der Waals surface area contributed by atoms with Crippen molar-refractivity contribution in [2.24, 2.45) is 0 Å². The maximum absolute atomic E-state index is 13.1. The molecule has 1 saturated heterocycles. The summed E-state index contributed by atoms with van der Waals surface area (Å²) < 4.78 is 26.2. The Labute approximate surface area is 133 Å². The van der Waals surface area contributed by atoms with E-state index in [0.29, 0.717) is 23.4 Å². The average molecular weight is 318 g/mol. The molecule has 1 aromatic carbocycles. The minimum absolute atomic E-state index is 0.378. The molecule has 1 aliphatic heterocycles. The average Bonchev–Trinajstić information content (AvgIpc) is 3.38. The first kappa shape index (κ1) is 14.8. The van der Waals surface area contributed by atoms with Crippen molar-refractivity contribution in [2.75, 3.05) is 18.0 Å². The normalized spacial score (nSPS) is 19.7. The summed E-state index contributed by atoms with van der Waals surface area (Å²) >= 11 is 0. The van der Waals surface area contributed by atoms with Crippen LogP contribution >= 0.6 is 0 Å². The van der Waals surface area contributed by atoms with Gasteiger partial charge in [-0.1, -0.05) is 12.1 Å². The van der Waals surface area contributed by atoms with Gasteiger partial charge in [-0.3, -0.25) is 0 Å². The van der Waals surface area contributed by atoms with E-state index in [1.54, 1.807) is 6.07 Å². The fourth-order valence-electron chi connectivity index (χ4n) is 3.26. The lowest BCUT2D eigenvalue weighted by molar-refractivity contribution is 0.141. The molecule has 0 atom stereocenters. The number of halogens is 2. The lowest BCUT2D eigenvalue weighted by Crippen LogP contribution is -2.43. The highest BCUT2D eigenvalue weighted by Gasteiger charge is 2.28. The first-order valence-corrected chi connectivity index (χ1v) is 8.26. The van der Waals surface area contributed by atoms with Gasteiger partial charge in [-0.25, -0.2) is 18.7 Å². The largest absolute Gasteiger partial charge is 0.356 e. The number of nitrogens with one attached hydrogen (secondary N) is 1. The van der Waals surface area contributed by atoms with E-state index in [4.69, 9.17) is 0 Å². The second kappa shape index (κ2) is 6.00. The Morgan fingerprint density at radius 2 is 1.70 bits per heavy atom. The van der Waals surface area contributed by atoms with Crippen LogP contribution in [0.2, 0.25) is 0 Å². The quantitative estimate of drug-likeness (QED) is 0.939. The molecule has 0 amide bonds. The molecule has 6 heteroatoms. The summed E-state index contributed by atoms with van der Waals surface area (Å²) in [5.74, 6) is 0.271. The molecule has 122 valence electrons. The first-order valence-electron chi connectivity index (χ1n) is 8.26. The Kier molecular flexibility index (Phi) is 3.85. The number of benzene rings is 1. The van der Waals surface area contributed by atoms with Gasteiger partial charge in [0.15, 0.2) is 5.82 Å². The monoisotopic (exact) mass is 318 g/mol. The Bertz CT molecular complexity index is 694. The highest BCUT2D eigenvalue weighted by molar-refractivity contribution is 5.89. The van der Waals surface area contributed by atoms with Gasteiger partial charge >= 0.3 is 0 Å². The standard InChI is InChI=1S/C17H20F2N4/c18-15(19)16-21-14-4-2-1-3-13(14)17(22-16)23-9-7-12(8-10-23)20-11-5-6-11/h1-4,11-12,15,20H,5-10H2. The van der Waals surface area contributed by atoms with Gasteiger partial charge in [0.25, 0.3) is 6.43 Å². The van der Waals surface area contributed by atoms with Gasteiger partial charge in [0, 0.05) is 30.6 Å². The van der Waals surface area contributed by atoms with Crippen LogP contribution in [0, 0.1) is 0 Å². The number of rotatable bonds is 4. The van der Waals surface area contributed by atoms with Crippen molar-refractivity contribution < 1.29 is 8.78 Å². The molecular formula is C17H20F2N4. The lowest BCUT2D eigenvalue weighted by atomic mass is 10.0. The number of piperidine rings is 1. The van der Waals surface area contributed by atoms with Crippen LogP contribution < -0.4 is 10.2 Å². The maximum Gasteiger partial charge on any atom is 0.297 e. The molecule has 2 heterocycles. The third-order valence-corrected chi connectivity index (χ3v) is 4.64.